The summed E-state index contributed by atoms with van der Waals surface area (Å²) in [6.07, 6.45) is 1.75. The van der Waals surface area contributed by atoms with Crippen LogP contribution in [0.1, 0.15) is 51.8 Å². The van der Waals surface area contributed by atoms with Gasteiger partial charge < -0.3 is 25.5 Å². The Bertz CT molecular complexity index is 1520. The maximum absolute atomic E-state index is 10.1. The number of rotatable bonds is 10. The lowest BCUT2D eigenvalue weighted by Gasteiger charge is -2.12. The third kappa shape index (κ3) is 24.1. The molecule has 0 spiro atoms. The number of anilines is 2. The highest BCUT2D eigenvalue weighted by atomic mass is 32.2. The van der Waals surface area contributed by atoms with Crippen LogP contribution in [-0.2, 0) is 14.4 Å². The molecule has 0 aliphatic carbocycles. The topological polar surface area (TPSA) is 139 Å². The normalized spacial score (nSPS) is 9.43. The van der Waals surface area contributed by atoms with Gasteiger partial charge >= 0.3 is 0 Å². The number of nitrogens with one attached hydrogen (secondary N) is 3. The minimum Gasteiger partial charge on any atom is -0.497 e. The molecule has 1 atom stereocenters. The van der Waals surface area contributed by atoms with Gasteiger partial charge in [0.1, 0.15) is 12.0 Å². The molecule has 12 heteroatoms. The summed E-state index contributed by atoms with van der Waals surface area (Å²) in [7, 11) is 5.70. The van der Waals surface area contributed by atoms with E-state index in [-0.39, 0.29) is 12.5 Å². The van der Waals surface area contributed by atoms with E-state index in [0.717, 1.165) is 27.9 Å². The average molecular weight is 737 g/mol. The molecular formula is C39H56N6O4S2. The van der Waals surface area contributed by atoms with Gasteiger partial charge in [0.05, 0.1) is 29.4 Å². The van der Waals surface area contributed by atoms with Gasteiger partial charge in [-0.3, -0.25) is 9.59 Å². The molecule has 0 saturated carbocycles. The number of aromatic nitrogens is 1. The van der Waals surface area contributed by atoms with Gasteiger partial charge in [0, 0.05) is 43.6 Å². The summed E-state index contributed by atoms with van der Waals surface area (Å²) in [4.78, 5) is 34.9. The van der Waals surface area contributed by atoms with Gasteiger partial charge in [-0.05, 0) is 61.9 Å². The van der Waals surface area contributed by atoms with E-state index in [1.165, 1.54) is 28.9 Å². The molecule has 5 rings (SSSR count). The Morgan fingerprint density at radius 2 is 1.45 bits per heavy atom. The van der Waals surface area contributed by atoms with Crippen molar-refractivity contribution in [2.75, 3.05) is 38.0 Å². The molecule has 0 saturated heterocycles. The van der Waals surface area contributed by atoms with Crippen LogP contribution in [0.15, 0.2) is 109 Å². The number of ether oxygens (including phenoxy) is 1. The fourth-order valence-corrected chi connectivity index (χ4v) is 4.65. The van der Waals surface area contributed by atoms with Gasteiger partial charge in [-0.2, -0.15) is 0 Å². The molecular weight excluding hydrogens is 681 g/mol. The molecule has 278 valence electrons. The summed E-state index contributed by atoms with van der Waals surface area (Å²) >= 11 is 2.94. The van der Waals surface area contributed by atoms with E-state index in [0.29, 0.717) is 13.0 Å². The summed E-state index contributed by atoms with van der Waals surface area (Å²) < 4.78 is 12.2. The Kier molecular flexibility index (Phi) is 32.0. The molecule has 5 aromatic rings. The third-order valence-corrected chi connectivity index (χ3v) is 7.45. The zero-order valence-electron chi connectivity index (χ0n) is 31.3. The molecule has 4 aromatic carbocycles. The number of nitrogens with two attached hydrogens (primary N) is 1. The van der Waals surface area contributed by atoms with Crippen molar-refractivity contribution in [1.82, 2.24) is 14.4 Å². The van der Waals surface area contributed by atoms with Gasteiger partial charge in [-0.15, -0.1) is 11.3 Å². The smallest absolute Gasteiger partial charge is 0.211 e. The van der Waals surface area contributed by atoms with Gasteiger partial charge in [0.2, 0.25) is 12.8 Å². The fourth-order valence-electron chi connectivity index (χ4n) is 3.45. The molecule has 0 aliphatic rings. The quantitative estimate of drug-likeness (QED) is 0.0632. The standard InChI is InChI=1S/C10H14N2OS.C9H13NO.C8H6N2OS.C7H8.2C2H6.CH3NO/c1-9(12-14-11-7-8-13)10-5-3-2-4-6-10;1-10(2)8-4-6-9(11-3)7-5-8;11-4-9-6-1-2-8-7(3-6)10-5-12-8;1-7-5-3-2-4-6-7;2*1-2;2-1-3/h2-6,8-9,11-12H,7H2,1H3;4-7H,1-3H3;1-5H,(H,9,11);2-6H,1H3;2*1-2H3;1H,(H2,2,3). The molecule has 2 amide bonds. The minimum absolute atomic E-state index is 0.250. The summed E-state index contributed by atoms with van der Waals surface area (Å²) in [6, 6.07) is 34.3. The zero-order chi connectivity index (χ0) is 38.7. The van der Waals surface area contributed by atoms with Crippen molar-refractivity contribution in [3.8, 4) is 5.75 Å². The molecule has 0 fully saturated rings. The summed E-state index contributed by atoms with van der Waals surface area (Å²) in [6.45, 7) is 12.5. The van der Waals surface area contributed by atoms with Crippen molar-refractivity contribution < 1.29 is 19.1 Å². The van der Waals surface area contributed by atoms with Gasteiger partial charge in [-0.25, -0.2) is 14.4 Å². The van der Waals surface area contributed by atoms with Crippen molar-refractivity contribution in [3.63, 3.8) is 0 Å². The molecule has 1 unspecified atom stereocenters. The molecule has 1 heterocycles. The maximum atomic E-state index is 10.1. The zero-order valence-corrected chi connectivity index (χ0v) is 33.0. The van der Waals surface area contributed by atoms with Crippen molar-refractivity contribution in [3.05, 3.63) is 120 Å². The molecule has 0 bridgehead atoms. The number of hydrogen-bond acceptors (Lipinski definition) is 10. The number of primary amides is 1. The SMILES string of the molecule is CC.CC.CC(NSNCC=O)c1ccccc1.COc1ccc(N(C)C)cc1.Cc1ccccc1.NC=O.O=CNc1ccc2scnc2c1. The average Bonchev–Trinajstić information content (AvgIpc) is 3.65. The number of carbonyl (C=O) groups excluding carboxylic acids is 3. The molecule has 0 radical (unpaired) electrons. The monoisotopic (exact) mass is 736 g/mol. The van der Waals surface area contributed by atoms with E-state index in [2.05, 4.69) is 68.5 Å². The Morgan fingerprint density at radius 3 is 1.92 bits per heavy atom. The largest absolute Gasteiger partial charge is 0.497 e. The predicted octanol–water partition coefficient (Wildman–Crippen LogP) is 8.46. The minimum atomic E-state index is 0.250. The van der Waals surface area contributed by atoms with E-state index in [1.54, 1.807) is 24.0 Å². The van der Waals surface area contributed by atoms with Crippen molar-refractivity contribution in [1.29, 1.82) is 0 Å². The number of nitrogens with zero attached hydrogens (tertiary/aromatic N) is 2. The lowest BCUT2D eigenvalue weighted by molar-refractivity contribution is -0.107. The second kappa shape index (κ2) is 33.7. The van der Waals surface area contributed by atoms with Crippen molar-refractivity contribution in [2.45, 2.75) is 47.6 Å². The number of carbonyl (C=O) groups is 3. The van der Waals surface area contributed by atoms with E-state index < -0.39 is 0 Å². The number of aldehydes is 1. The molecule has 10 nitrogen and oxygen atoms in total. The van der Waals surface area contributed by atoms with Crippen molar-refractivity contribution >= 4 is 64.2 Å². The van der Waals surface area contributed by atoms with Crippen molar-refractivity contribution in [2.24, 2.45) is 5.73 Å². The van der Waals surface area contributed by atoms with E-state index in [1.807, 2.05) is 121 Å². The fraction of sp³-hybridized carbons (Fsp3) is 0.282. The first-order valence-corrected chi connectivity index (χ1v) is 18.1. The van der Waals surface area contributed by atoms with Crippen LogP contribution >= 0.6 is 23.5 Å². The van der Waals surface area contributed by atoms with Crippen LogP contribution in [-0.4, -0.2) is 51.8 Å². The first-order chi connectivity index (χ1) is 24.8. The molecule has 51 heavy (non-hydrogen) atoms. The van der Waals surface area contributed by atoms with Gasteiger partial charge in [0.25, 0.3) is 0 Å². The van der Waals surface area contributed by atoms with E-state index in [9.17, 15) is 9.59 Å². The molecule has 5 N–H and O–H groups in total. The summed E-state index contributed by atoms with van der Waals surface area (Å²) in [5.74, 6) is 0.899. The number of aryl methyl sites for hydroxylation is 1. The van der Waals surface area contributed by atoms with Crippen LogP contribution in [0.5, 0.6) is 5.75 Å². The number of fused-ring (bicyclic) bond motifs is 1. The maximum Gasteiger partial charge on any atom is 0.211 e. The summed E-state index contributed by atoms with van der Waals surface area (Å²) in [5, 5.41) is 2.57. The van der Waals surface area contributed by atoms with Crippen LogP contribution in [0.3, 0.4) is 0 Å². The first-order valence-electron chi connectivity index (χ1n) is 16.4. The number of amides is 2. The van der Waals surface area contributed by atoms with Crippen LogP contribution in [0, 0.1) is 6.92 Å². The third-order valence-electron chi connectivity index (χ3n) is 5.86. The Hall–Kier alpha value is -4.75. The number of methoxy groups -OCH3 is 1. The number of benzene rings is 4. The Morgan fingerprint density at radius 1 is 0.882 bits per heavy atom. The van der Waals surface area contributed by atoms with Gasteiger partial charge in [0.15, 0.2) is 0 Å². The lowest BCUT2D eigenvalue weighted by Crippen LogP contribution is -2.18. The Labute approximate surface area is 313 Å². The van der Waals surface area contributed by atoms with Crippen LogP contribution in [0.2, 0.25) is 0 Å². The first kappa shape index (κ1) is 48.4. The molecule has 1 aromatic heterocycles. The second-order valence-electron chi connectivity index (χ2n) is 9.55. The second-order valence-corrected chi connectivity index (χ2v) is 11.2. The van der Waals surface area contributed by atoms with Crippen LogP contribution in [0.4, 0.5) is 11.4 Å². The highest BCUT2D eigenvalue weighted by Crippen LogP contribution is 2.21. The van der Waals surface area contributed by atoms with Crippen LogP contribution < -0.4 is 30.1 Å². The summed E-state index contributed by atoms with van der Waals surface area (Å²) in [5.41, 5.74) is 11.4. The highest BCUT2D eigenvalue weighted by Gasteiger charge is 2.02. The van der Waals surface area contributed by atoms with Crippen LogP contribution in [0.25, 0.3) is 10.2 Å². The van der Waals surface area contributed by atoms with Gasteiger partial charge in [-0.1, -0.05) is 93.9 Å². The lowest BCUT2D eigenvalue weighted by atomic mass is 10.1. The highest BCUT2D eigenvalue weighted by molar-refractivity contribution is 7.95. The van der Waals surface area contributed by atoms with E-state index >= 15 is 0 Å². The predicted molar refractivity (Wildman–Crippen MR) is 220 cm³/mol. The van der Waals surface area contributed by atoms with E-state index in [4.69, 9.17) is 9.53 Å². The Balaban J connectivity index is 0. The number of hydrogen-bond donors (Lipinski definition) is 4. The molecule has 0 aliphatic heterocycles. The number of thiazole rings is 1.